The zero-order valence-corrected chi connectivity index (χ0v) is 12.6. The van der Waals surface area contributed by atoms with Crippen molar-refractivity contribution in [3.63, 3.8) is 0 Å². The Morgan fingerprint density at radius 2 is 2.21 bits per heavy atom. The summed E-state index contributed by atoms with van der Waals surface area (Å²) in [7, 11) is 0. The van der Waals surface area contributed by atoms with Crippen molar-refractivity contribution in [3.05, 3.63) is 23.0 Å². The van der Waals surface area contributed by atoms with Gasteiger partial charge in [-0.3, -0.25) is 0 Å². The van der Waals surface area contributed by atoms with Crippen molar-refractivity contribution in [2.75, 3.05) is 0 Å². The molecule has 4 heteroatoms. The Bertz CT molecular complexity index is 393. The zero-order valence-electron chi connectivity index (χ0n) is 7.88. The number of pyridine rings is 1. The molecule has 2 rings (SSSR count). The number of hydrogen-bond acceptors (Lipinski definition) is 2. The first-order valence-electron chi connectivity index (χ1n) is 4.10. The van der Waals surface area contributed by atoms with E-state index >= 15 is 0 Å². The van der Waals surface area contributed by atoms with Crippen LogP contribution in [0.5, 0.6) is 0 Å². The monoisotopic (exact) mass is 247 g/mol. The van der Waals surface area contributed by atoms with Crippen molar-refractivity contribution in [2.24, 2.45) is 5.92 Å². The van der Waals surface area contributed by atoms with Crippen LogP contribution in [0.4, 0.5) is 0 Å². The molecule has 0 N–H and O–H groups in total. The van der Waals surface area contributed by atoms with E-state index in [0.29, 0.717) is 21.5 Å². The molecule has 0 unspecified atom stereocenters. The molecule has 1 nitrogen and oxygen atoms in total. The molecule has 0 atom stereocenters. The Hall–Kier alpha value is 0.856. The van der Waals surface area contributed by atoms with Gasteiger partial charge in [-0.05, 0) is 18.8 Å². The van der Waals surface area contributed by atoms with Crippen LogP contribution < -0.4 is 51.4 Å². The normalized spacial score (nSPS) is 13.8. The van der Waals surface area contributed by atoms with Crippen LogP contribution in [0, 0.1) is 17.8 Å². The molecule has 0 amide bonds. The summed E-state index contributed by atoms with van der Waals surface area (Å²) in [5.74, 6) is 6.62. The largest absolute Gasteiger partial charge is 1.00 e. The van der Waals surface area contributed by atoms with Crippen LogP contribution in [-0.4, -0.2) is 4.98 Å². The molecule has 66 valence electrons. The third kappa shape index (κ3) is 3.46. The predicted octanol–water partition coefficient (Wildman–Crippen LogP) is -0.594. The Balaban J connectivity index is 0.000000980. The predicted molar refractivity (Wildman–Crippen MR) is 54.5 cm³/mol. The second-order valence-electron chi connectivity index (χ2n) is 3.02. The summed E-state index contributed by atoms with van der Waals surface area (Å²) in [6.07, 6.45) is 4.06. The summed E-state index contributed by atoms with van der Waals surface area (Å²) < 4.78 is 0. The topological polar surface area (TPSA) is 12.9 Å². The van der Waals surface area contributed by atoms with E-state index in [1.165, 1.54) is 12.8 Å². The number of hydrogen-bond donors (Lipinski definition) is 0. The fraction of sp³-hybridized carbons (Fsp3) is 0.300. The molecule has 1 saturated carbocycles. The maximum atomic E-state index is 5.93. The van der Waals surface area contributed by atoms with Crippen LogP contribution in [0.3, 0.4) is 0 Å². The Kier molecular flexibility index (Phi) is 5.36. The fourth-order valence-electron chi connectivity index (χ4n) is 0.911. The van der Waals surface area contributed by atoms with Crippen LogP contribution in [0.25, 0.3) is 0 Å². The Labute approximate surface area is 137 Å². The average molecular weight is 248 g/mol. The molecule has 1 aromatic heterocycles. The first kappa shape index (κ1) is 12.9. The second-order valence-corrected chi connectivity index (χ2v) is 3.83. The van der Waals surface area contributed by atoms with Gasteiger partial charge in [0.05, 0.1) is 5.02 Å². The maximum Gasteiger partial charge on any atom is 1.00 e. The van der Waals surface area contributed by atoms with E-state index in [2.05, 4.69) is 16.8 Å². The van der Waals surface area contributed by atoms with Gasteiger partial charge in [-0.15, -0.1) is 0 Å². The Morgan fingerprint density at radius 3 is 2.86 bits per heavy atom. The minimum absolute atomic E-state index is 0. The summed E-state index contributed by atoms with van der Waals surface area (Å²) in [5, 5.41) is 0.505. The van der Waals surface area contributed by atoms with Crippen molar-refractivity contribution < 1.29 is 51.4 Å². The van der Waals surface area contributed by atoms with Gasteiger partial charge in [0.1, 0.15) is 5.69 Å². The van der Waals surface area contributed by atoms with Crippen LogP contribution in [0.15, 0.2) is 17.2 Å². The van der Waals surface area contributed by atoms with Gasteiger partial charge in [0.15, 0.2) is 0 Å². The SMILES string of the molecule is [K+].[S-]c1ccnc(C#CC2CC2)c1Cl. The third-order valence-electron chi connectivity index (χ3n) is 1.83. The van der Waals surface area contributed by atoms with E-state index in [0.717, 1.165) is 0 Å². The number of aromatic nitrogens is 1. The molecule has 0 radical (unpaired) electrons. The van der Waals surface area contributed by atoms with Crippen LogP contribution in [0.2, 0.25) is 5.02 Å². The maximum absolute atomic E-state index is 5.93. The Morgan fingerprint density at radius 1 is 1.50 bits per heavy atom. The van der Waals surface area contributed by atoms with Gasteiger partial charge in [0.25, 0.3) is 0 Å². The van der Waals surface area contributed by atoms with Gasteiger partial charge in [-0.1, -0.05) is 23.6 Å². The van der Waals surface area contributed by atoms with Gasteiger partial charge >= 0.3 is 51.4 Å². The number of halogens is 1. The van der Waals surface area contributed by atoms with E-state index in [1.807, 2.05) is 0 Å². The van der Waals surface area contributed by atoms with E-state index in [9.17, 15) is 0 Å². The van der Waals surface area contributed by atoms with E-state index in [4.69, 9.17) is 24.2 Å². The van der Waals surface area contributed by atoms with Gasteiger partial charge in [0.2, 0.25) is 0 Å². The molecule has 0 bridgehead atoms. The second kappa shape index (κ2) is 5.81. The summed E-state index contributed by atoms with van der Waals surface area (Å²) in [5.41, 5.74) is 0.612. The summed E-state index contributed by atoms with van der Waals surface area (Å²) >= 11 is 10.9. The van der Waals surface area contributed by atoms with Crippen molar-refractivity contribution in [1.29, 1.82) is 0 Å². The van der Waals surface area contributed by atoms with E-state index in [1.54, 1.807) is 12.3 Å². The first-order valence-corrected chi connectivity index (χ1v) is 4.89. The molecule has 1 heterocycles. The van der Waals surface area contributed by atoms with Crippen LogP contribution in [0.1, 0.15) is 18.5 Å². The molecular formula is C10H7ClKNS. The molecule has 1 fully saturated rings. The molecule has 14 heavy (non-hydrogen) atoms. The zero-order chi connectivity index (χ0) is 9.26. The van der Waals surface area contributed by atoms with Gasteiger partial charge < -0.3 is 12.6 Å². The first-order chi connectivity index (χ1) is 6.27. The van der Waals surface area contributed by atoms with Crippen molar-refractivity contribution in [2.45, 2.75) is 17.7 Å². The van der Waals surface area contributed by atoms with Crippen LogP contribution >= 0.6 is 11.6 Å². The minimum atomic E-state index is 0. The smallest absolute Gasteiger partial charge is 0.778 e. The van der Waals surface area contributed by atoms with Gasteiger partial charge in [0, 0.05) is 12.1 Å². The molecule has 0 aliphatic heterocycles. The van der Waals surface area contributed by atoms with Crippen LogP contribution in [-0.2, 0) is 12.6 Å². The molecule has 0 aromatic carbocycles. The number of rotatable bonds is 0. The fourth-order valence-corrected chi connectivity index (χ4v) is 1.23. The van der Waals surface area contributed by atoms with Crippen molar-refractivity contribution in [3.8, 4) is 11.8 Å². The molecule has 1 aromatic rings. The van der Waals surface area contributed by atoms with Crippen molar-refractivity contribution >= 4 is 24.2 Å². The summed E-state index contributed by atoms with van der Waals surface area (Å²) in [4.78, 5) is 4.69. The van der Waals surface area contributed by atoms with Crippen molar-refractivity contribution in [1.82, 2.24) is 4.98 Å². The standard InChI is InChI=1S/C10H8ClNS.K/c11-10-8(4-3-7-1-2-7)12-6-5-9(10)13;/h5-7H,1-2H2,(H,12,13);/q;+1/p-1. The third-order valence-corrected chi connectivity index (χ3v) is 2.66. The molecule has 1 aliphatic rings. The molecule has 0 saturated heterocycles. The molecular weight excluding hydrogens is 241 g/mol. The summed E-state index contributed by atoms with van der Waals surface area (Å²) in [6, 6.07) is 1.71. The quantitative estimate of drug-likeness (QED) is 0.345. The van der Waals surface area contributed by atoms with E-state index < -0.39 is 0 Å². The minimum Gasteiger partial charge on any atom is -0.778 e. The summed E-state index contributed by atoms with van der Waals surface area (Å²) in [6.45, 7) is 0. The molecule has 1 aliphatic carbocycles. The van der Waals surface area contributed by atoms with Gasteiger partial charge in [-0.2, -0.15) is 4.90 Å². The average Bonchev–Trinajstić information content (AvgIpc) is 2.91. The van der Waals surface area contributed by atoms with E-state index in [-0.39, 0.29) is 51.4 Å². The molecule has 0 spiro atoms. The number of nitrogens with zero attached hydrogens (tertiary/aromatic N) is 1. The van der Waals surface area contributed by atoms with Gasteiger partial charge in [-0.25, -0.2) is 4.98 Å².